The molecule has 160 valence electrons. The average molecular weight is 508 g/mol. The van der Waals surface area contributed by atoms with Gasteiger partial charge in [0.25, 0.3) is 11.1 Å². The molecule has 4 rings (SSSR count). The van der Waals surface area contributed by atoms with Gasteiger partial charge < -0.3 is 4.74 Å². The molecule has 2 amide bonds. The van der Waals surface area contributed by atoms with E-state index >= 15 is 0 Å². The summed E-state index contributed by atoms with van der Waals surface area (Å²) in [4.78, 5) is 39.0. The van der Waals surface area contributed by atoms with Gasteiger partial charge in [0.05, 0.1) is 17.0 Å². The molecule has 0 bridgehead atoms. The van der Waals surface area contributed by atoms with Crippen molar-refractivity contribution in [3.05, 3.63) is 104 Å². The van der Waals surface area contributed by atoms with Gasteiger partial charge in [0.2, 0.25) is 0 Å². The van der Waals surface area contributed by atoms with Crippen LogP contribution in [0.15, 0.2) is 82.2 Å². The van der Waals surface area contributed by atoms with Crippen LogP contribution < -0.4 is 4.74 Å². The Morgan fingerprint density at radius 3 is 2.50 bits per heavy atom. The number of thioether (sulfide) groups is 1. The van der Waals surface area contributed by atoms with Crippen molar-refractivity contribution in [2.75, 3.05) is 0 Å². The summed E-state index contributed by atoms with van der Waals surface area (Å²) in [6.07, 6.45) is 1.66. The number of rotatable bonds is 5. The monoisotopic (exact) mass is 507 g/mol. The molecule has 1 aliphatic rings. The van der Waals surface area contributed by atoms with E-state index in [1.165, 1.54) is 4.90 Å². The third-order valence-electron chi connectivity index (χ3n) is 4.80. The second-order valence-corrected chi connectivity index (χ2v) is 9.03. The third kappa shape index (κ3) is 5.00. The summed E-state index contributed by atoms with van der Waals surface area (Å²) in [5.74, 6) is -0.365. The summed E-state index contributed by atoms with van der Waals surface area (Å²) in [6.45, 7) is 2.11. The maximum atomic E-state index is 12.8. The van der Waals surface area contributed by atoms with Crippen LogP contribution in [0.1, 0.15) is 27.0 Å². The molecule has 5 nitrogen and oxygen atoms in total. The first kappa shape index (κ1) is 22.0. The fraction of sp³-hybridized carbons (Fsp3) is 0.0800. The number of ether oxygens (including phenoxy) is 1. The summed E-state index contributed by atoms with van der Waals surface area (Å²) in [7, 11) is 0. The van der Waals surface area contributed by atoms with Gasteiger partial charge in [0, 0.05) is 4.47 Å². The van der Waals surface area contributed by atoms with Gasteiger partial charge in [-0.2, -0.15) is 0 Å². The predicted molar refractivity (Wildman–Crippen MR) is 128 cm³/mol. The number of esters is 1. The number of aryl methyl sites for hydroxylation is 1. The van der Waals surface area contributed by atoms with Crippen LogP contribution in [0.4, 0.5) is 4.79 Å². The molecule has 0 unspecified atom stereocenters. The largest absolute Gasteiger partial charge is 0.423 e. The van der Waals surface area contributed by atoms with Crippen LogP contribution in [-0.2, 0) is 11.3 Å². The van der Waals surface area contributed by atoms with E-state index in [9.17, 15) is 14.4 Å². The molecule has 0 atom stereocenters. The van der Waals surface area contributed by atoms with Crippen molar-refractivity contribution >= 4 is 50.9 Å². The van der Waals surface area contributed by atoms with E-state index in [-0.39, 0.29) is 17.7 Å². The van der Waals surface area contributed by atoms with E-state index in [1.54, 1.807) is 48.5 Å². The standard InChI is InChI=1S/C25H18BrNO4S/c1-16-5-4-7-18(13-16)24(29)31-20-11-9-17(10-12-20)14-22-23(28)27(25(30)32-22)15-19-6-2-3-8-21(19)26/h2-14H,15H2,1H3/b22-14-. The highest BCUT2D eigenvalue weighted by Gasteiger charge is 2.35. The van der Waals surface area contributed by atoms with E-state index in [4.69, 9.17) is 4.74 Å². The molecule has 3 aromatic carbocycles. The highest BCUT2D eigenvalue weighted by atomic mass is 79.9. The van der Waals surface area contributed by atoms with Gasteiger partial charge in [-0.1, -0.05) is 64.0 Å². The second-order valence-electron chi connectivity index (χ2n) is 7.19. The first-order chi connectivity index (χ1) is 15.4. The van der Waals surface area contributed by atoms with Crippen molar-refractivity contribution in [3.8, 4) is 5.75 Å². The number of carbonyl (C=O) groups is 3. The number of carbonyl (C=O) groups excluding carboxylic acids is 3. The quantitative estimate of drug-likeness (QED) is 0.233. The molecular formula is C25H18BrNO4S. The molecule has 0 N–H and O–H groups in total. The molecule has 1 heterocycles. The summed E-state index contributed by atoms with van der Waals surface area (Å²) < 4.78 is 6.26. The lowest BCUT2D eigenvalue weighted by Gasteiger charge is -2.13. The van der Waals surface area contributed by atoms with E-state index in [1.807, 2.05) is 37.3 Å². The van der Waals surface area contributed by atoms with Gasteiger partial charge in [-0.15, -0.1) is 0 Å². The molecule has 1 aliphatic heterocycles. The Hall–Kier alpha value is -3.16. The predicted octanol–water partition coefficient (Wildman–Crippen LogP) is 6.21. The lowest BCUT2D eigenvalue weighted by molar-refractivity contribution is -0.123. The lowest BCUT2D eigenvalue weighted by Crippen LogP contribution is -2.27. The van der Waals surface area contributed by atoms with E-state index in [0.717, 1.165) is 32.9 Å². The van der Waals surface area contributed by atoms with Crippen LogP contribution in [0.3, 0.4) is 0 Å². The van der Waals surface area contributed by atoms with Crippen LogP contribution in [0, 0.1) is 6.92 Å². The maximum Gasteiger partial charge on any atom is 0.343 e. The Balaban J connectivity index is 1.45. The Bertz CT molecular complexity index is 1240. The minimum absolute atomic E-state index is 0.206. The van der Waals surface area contributed by atoms with Gasteiger partial charge in [-0.05, 0) is 66.2 Å². The van der Waals surface area contributed by atoms with Crippen molar-refractivity contribution in [1.82, 2.24) is 4.90 Å². The smallest absolute Gasteiger partial charge is 0.343 e. The SMILES string of the molecule is Cc1cccc(C(=O)Oc2ccc(/C=C3\SC(=O)N(Cc4ccccc4Br)C3=O)cc2)c1. The lowest BCUT2D eigenvalue weighted by atomic mass is 10.1. The number of hydrogen-bond donors (Lipinski definition) is 0. The molecule has 1 saturated heterocycles. The fourth-order valence-electron chi connectivity index (χ4n) is 3.15. The number of imide groups is 1. The Labute approximate surface area is 198 Å². The molecule has 0 aliphatic carbocycles. The van der Waals surface area contributed by atoms with E-state index in [2.05, 4.69) is 15.9 Å². The molecule has 0 saturated carbocycles. The normalized spacial score (nSPS) is 14.8. The Kier molecular flexibility index (Phi) is 6.58. The molecule has 0 aromatic heterocycles. The van der Waals surface area contributed by atoms with Crippen LogP contribution in [-0.4, -0.2) is 22.0 Å². The summed E-state index contributed by atoms with van der Waals surface area (Å²) in [5.41, 5.74) is 3.04. The zero-order valence-electron chi connectivity index (χ0n) is 17.1. The van der Waals surface area contributed by atoms with Crippen LogP contribution in [0.2, 0.25) is 0 Å². The number of benzene rings is 3. The molecule has 3 aromatic rings. The summed E-state index contributed by atoms with van der Waals surface area (Å²) in [5, 5.41) is -0.305. The highest BCUT2D eigenvalue weighted by molar-refractivity contribution is 9.10. The fourth-order valence-corrected chi connectivity index (χ4v) is 4.40. The minimum Gasteiger partial charge on any atom is -0.423 e. The number of halogens is 1. The van der Waals surface area contributed by atoms with E-state index < -0.39 is 5.97 Å². The highest BCUT2D eigenvalue weighted by Crippen LogP contribution is 2.34. The maximum absolute atomic E-state index is 12.8. The van der Waals surface area contributed by atoms with Gasteiger partial charge >= 0.3 is 5.97 Å². The molecule has 0 spiro atoms. The topological polar surface area (TPSA) is 63.7 Å². The summed E-state index contributed by atoms with van der Waals surface area (Å²) in [6, 6.07) is 21.5. The van der Waals surface area contributed by atoms with Gasteiger partial charge in [0.1, 0.15) is 5.75 Å². The molecule has 1 fully saturated rings. The van der Waals surface area contributed by atoms with Crippen LogP contribution in [0.5, 0.6) is 5.75 Å². The van der Waals surface area contributed by atoms with E-state index in [0.29, 0.717) is 16.2 Å². The van der Waals surface area contributed by atoms with Crippen molar-refractivity contribution in [2.45, 2.75) is 13.5 Å². The van der Waals surface area contributed by atoms with Gasteiger partial charge in [-0.25, -0.2) is 4.79 Å². The number of amides is 2. The third-order valence-corrected chi connectivity index (χ3v) is 6.48. The minimum atomic E-state index is -0.436. The summed E-state index contributed by atoms with van der Waals surface area (Å²) >= 11 is 4.36. The number of nitrogens with zero attached hydrogens (tertiary/aromatic N) is 1. The van der Waals surface area contributed by atoms with Crippen molar-refractivity contribution in [3.63, 3.8) is 0 Å². The first-order valence-electron chi connectivity index (χ1n) is 9.78. The van der Waals surface area contributed by atoms with Gasteiger partial charge in [0.15, 0.2) is 0 Å². The molecular weight excluding hydrogens is 490 g/mol. The Morgan fingerprint density at radius 1 is 1.03 bits per heavy atom. The van der Waals surface area contributed by atoms with Crippen molar-refractivity contribution < 1.29 is 19.1 Å². The van der Waals surface area contributed by atoms with Crippen molar-refractivity contribution in [2.24, 2.45) is 0 Å². The molecule has 0 radical (unpaired) electrons. The first-order valence-corrected chi connectivity index (χ1v) is 11.4. The average Bonchev–Trinajstić information content (AvgIpc) is 3.04. The zero-order chi connectivity index (χ0) is 22.7. The molecule has 7 heteroatoms. The second kappa shape index (κ2) is 9.54. The van der Waals surface area contributed by atoms with Crippen molar-refractivity contribution in [1.29, 1.82) is 0 Å². The number of hydrogen-bond acceptors (Lipinski definition) is 5. The van der Waals surface area contributed by atoms with Gasteiger partial charge in [-0.3, -0.25) is 14.5 Å². The Morgan fingerprint density at radius 2 is 1.78 bits per heavy atom. The van der Waals surface area contributed by atoms with Crippen LogP contribution >= 0.6 is 27.7 Å². The zero-order valence-corrected chi connectivity index (χ0v) is 19.5. The van der Waals surface area contributed by atoms with Crippen LogP contribution in [0.25, 0.3) is 6.08 Å². The molecule has 32 heavy (non-hydrogen) atoms.